The van der Waals surface area contributed by atoms with Crippen LogP contribution in [-0.4, -0.2) is 17.6 Å². The van der Waals surface area contributed by atoms with Gasteiger partial charge in [0, 0.05) is 18.6 Å². The fraction of sp³-hybridized carbons (Fsp3) is 0.200. The molecule has 0 saturated heterocycles. The average Bonchev–Trinajstić information content (AvgIpc) is 2.47. The predicted octanol–water partition coefficient (Wildman–Crippen LogP) is 2.98. The van der Waals surface area contributed by atoms with Gasteiger partial charge in [0.2, 0.25) is 0 Å². The zero-order chi connectivity index (χ0) is 13.9. The highest BCUT2D eigenvalue weighted by molar-refractivity contribution is 5.41. The van der Waals surface area contributed by atoms with E-state index >= 15 is 0 Å². The molecule has 20 heavy (non-hydrogen) atoms. The number of hydrogen-bond acceptors (Lipinski definition) is 4. The summed E-state index contributed by atoms with van der Waals surface area (Å²) in [6.45, 7) is 0.444. The Morgan fingerprint density at radius 2 is 1.95 bits per heavy atom. The number of nitro benzene ring substituents is 1. The summed E-state index contributed by atoms with van der Waals surface area (Å²) < 4.78 is 11.5. The molecule has 0 saturated carbocycles. The molecule has 3 rings (SSSR count). The van der Waals surface area contributed by atoms with Crippen LogP contribution in [0.25, 0.3) is 0 Å². The zero-order valence-corrected chi connectivity index (χ0v) is 10.7. The fourth-order valence-electron chi connectivity index (χ4n) is 2.22. The van der Waals surface area contributed by atoms with Gasteiger partial charge in [-0.15, -0.1) is 0 Å². The van der Waals surface area contributed by atoms with Crippen LogP contribution in [0.4, 0.5) is 5.69 Å². The molecule has 5 nitrogen and oxygen atoms in total. The normalized spacial score (nSPS) is 16.7. The van der Waals surface area contributed by atoms with Crippen molar-refractivity contribution in [1.29, 1.82) is 0 Å². The molecule has 102 valence electrons. The molecule has 5 heteroatoms. The van der Waals surface area contributed by atoms with Gasteiger partial charge in [-0.3, -0.25) is 10.1 Å². The Morgan fingerprint density at radius 1 is 1.15 bits per heavy atom. The number of benzene rings is 2. The summed E-state index contributed by atoms with van der Waals surface area (Å²) in [6, 6.07) is 14.1. The summed E-state index contributed by atoms with van der Waals surface area (Å²) in [4.78, 5) is 10.4. The molecule has 0 radical (unpaired) electrons. The Labute approximate surface area is 115 Å². The van der Waals surface area contributed by atoms with Crippen LogP contribution in [0.3, 0.4) is 0 Å². The van der Waals surface area contributed by atoms with Crippen molar-refractivity contribution in [3.63, 3.8) is 0 Å². The third-order valence-corrected chi connectivity index (χ3v) is 3.15. The highest BCUT2D eigenvalue weighted by atomic mass is 16.6. The smallest absolute Gasteiger partial charge is 0.269 e. The molecule has 1 unspecified atom stereocenters. The monoisotopic (exact) mass is 271 g/mol. The number of hydrogen-bond donors (Lipinski definition) is 0. The Bertz CT molecular complexity index is 641. The van der Waals surface area contributed by atoms with Gasteiger partial charge in [0.15, 0.2) is 11.5 Å². The van der Waals surface area contributed by atoms with Crippen molar-refractivity contribution in [2.24, 2.45) is 0 Å². The fourth-order valence-corrected chi connectivity index (χ4v) is 2.22. The van der Waals surface area contributed by atoms with E-state index in [-0.39, 0.29) is 11.8 Å². The van der Waals surface area contributed by atoms with Crippen LogP contribution in [0.2, 0.25) is 0 Å². The first-order valence-corrected chi connectivity index (χ1v) is 6.34. The van der Waals surface area contributed by atoms with Crippen LogP contribution >= 0.6 is 0 Å². The summed E-state index contributed by atoms with van der Waals surface area (Å²) >= 11 is 0. The van der Waals surface area contributed by atoms with Crippen LogP contribution < -0.4 is 9.47 Å². The summed E-state index contributed by atoms with van der Waals surface area (Å²) in [5, 5.41) is 10.8. The minimum absolute atomic E-state index is 0.0969. The zero-order valence-electron chi connectivity index (χ0n) is 10.7. The number of non-ortho nitro benzene ring substituents is 1. The lowest BCUT2D eigenvalue weighted by atomic mass is 10.1. The van der Waals surface area contributed by atoms with E-state index in [0.717, 1.165) is 11.3 Å². The summed E-state index contributed by atoms with van der Waals surface area (Å²) in [5.74, 6) is 1.46. The molecule has 0 aliphatic carbocycles. The second-order valence-corrected chi connectivity index (χ2v) is 4.63. The van der Waals surface area contributed by atoms with E-state index in [1.807, 2.05) is 30.3 Å². The van der Waals surface area contributed by atoms with E-state index in [4.69, 9.17) is 9.47 Å². The Morgan fingerprint density at radius 3 is 2.75 bits per heavy atom. The second-order valence-electron chi connectivity index (χ2n) is 4.63. The first-order valence-electron chi connectivity index (χ1n) is 6.34. The van der Waals surface area contributed by atoms with Crippen molar-refractivity contribution in [2.75, 3.05) is 6.61 Å². The first kappa shape index (κ1) is 12.5. The van der Waals surface area contributed by atoms with Crippen LogP contribution in [0.5, 0.6) is 11.5 Å². The van der Waals surface area contributed by atoms with Crippen molar-refractivity contribution in [1.82, 2.24) is 0 Å². The molecule has 2 aromatic carbocycles. The van der Waals surface area contributed by atoms with Gasteiger partial charge >= 0.3 is 0 Å². The number of para-hydroxylation sites is 2. The Hall–Kier alpha value is -2.56. The lowest BCUT2D eigenvalue weighted by Crippen LogP contribution is -2.31. The predicted molar refractivity (Wildman–Crippen MR) is 73.2 cm³/mol. The summed E-state index contributed by atoms with van der Waals surface area (Å²) in [7, 11) is 0. The molecule has 1 aliphatic rings. The minimum Gasteiger partial charge on any atom is -0.486 e. The topological polar surface area (TPSA) is 61.6 Å². The number of fused-ring (bicyclic) bond motifs is 1. The van der Waals surface area contributed by atoms with Gasteiger partial charge < -0.3 is 9.47 Å². The van der Waals surface area contributed by atoms with Gasteiger partial charge in [-0.1, -0.05) is 24.3 Å². The van der Waals surface area contributed by atoms with Gasteiger partial charge in [-0.2, -0.15) is 0 Å². The van der Waals surface area contributed by atoms with E-state index < -0.39 is 4.92 Å². The lowest BCUT2D eigenvalue weighted by molar-refractivity contribution is -0.384. The molecule has 0 aromatic heterocycles. The van der Waals surface area contributed by atoms with Gasteiger partial charge in [-0.25, -0.2) is 0 Å². The standard InChI is InChI=1S/C15H13NO4/c17-16(18)12-5-3-4-11(8-12)9-13-10-19-14-6-1-2-7-15(14)20-13/h1-8,13H,9-10H2. The number of rotatable bonds is 3. The van der Waals surface area contributed by atoms with E-state index in [9.17, 15) is 10.1 Å². The largest absolute Gasteiger partial charge is 0.486 e. The first-order chi connectivity index (χ1) is 9.72. The molecule has 0 bridgehead atoms. The van der Waals surface area contributed by atoms with Crippen LogP contribution in [0, 0.1) is 10.1 Å². The van der Waals surface area contributed by atoms with E-state index in [0.29, 0.717) is 18.8 Å². The number of ether oxygens (including phenoxy) is 2. The van der Waals surface area contributed by atoms with Crippen molar-refractivity contribution < 1.29 is 14.4 Å². The maximum Gasteiger partial charge on any atom is 0.269 e. The van der Waals surface area contributed by atoms with Gasteiger partial charge in [0.1, 0.15) is 12.7 Å². The quantitative estimate of drug-likeness (QED) is 0.636. The van der Waals surface area contributed by atoms with E-state index in [1.165, 1.54) is 6.07 Å². The lowest BCUT2D eigenvalue weighted by Gasteiger charge is -2.26. The maximum absolute atomic E-state index is 10.8. The SMILES string of the molecule is O=[N+]([O-])c1cccc(CC2COc3ccccc3O2)c1. The number of nitro groups is 1. The number of nitrogens with zero attached hydrogens (tertiary/aromatic N) is 1. The molecule has 2 aromatic rings. The molecule has 1 aliphatic heterocycles. The Kier molecular flexibility index (Phi) is 3.25. The molecular weight excluding hydrogens is 258 g/mol. The molecule has 0 spiro atoms. The maximum atomic E-state index is 10.8. The second kappa shape index (κ2) is 5.21. The molecule has 0 N–H and O–H groups in total. The molecular formula is C15H13NO4. The van der Waals surface area contributed by atoms with E-state index in [1.54, 1.807) is 12.1 Å². The Balaban J connectivity index is 1.73. The molecule has 1 heterocycles. The third-order valence-electron chi connectivity index (χ3n) is 3.15. The third kappa shape index (κ3) is 2.56. The minimum atomic E-state index is -0.392. The average molecular weight is 271 g/mol. The van der Waals surface area contributed by atoms with Crippen molar-refractivity contribution in [3.05, 3.63) is 64.2 Å². The molecule has 0 fully saturated rings. The van der Waals surface area contributed by atoms with Crippen molar-refractivity contribution in [2.45, 2.75) is 12.5 Å². The van der Waals surface area contributed by atoms with Crippen LogP contribution in [0.15, 0.2) is 48.5 Å². The van der Waals surface area contributed by atoms with Gasteiger partial charge in [0.05, 0.1) is 4.92 Å². The van der Waals surface area contributed by atoms with Crippen LogP contribution in [0.1, 0.15) is 5.56 Å². The van der Waals surface area contributed by atoms with Gasteiger partial charge in [-0.05, 0) is 17.7 Å². The van der Waals surface area contributed by atoms with Crippen molar-refractivity contribution >= 4 is 5.69 Å². The summed E-state index contributed by atoms with van der Waals surface area (Å²) in [5.41, 5.74) is 0.965. The highest BCUT2D eigenvalue weighted by Crippen LogP contribution is 2.31. The molecule has 1 atom stereocenters. The highest BCUT2D eigenvalue weighted by Gasteiger charge is 2.21. The summed E-state index contributed by atoms with van der Waals surface area (Å²) in [6.07, 6.45) is 0.447. The van der Waals surface area contributed by atoms with E-state index in [2.05, 4.69) is 0 Å². The van der Waals surface area contributed by atoms with Crippen LogP contribution in [-0.2, 0) is 6.42 Å². The van der Waals surface area contributed by atoms with Gasteiger partial charge in [0.25, 0.3) is 5.69 Å². The van der Waals surface area contributed by atoms with Crippen molar-refractivity contribution in [3.8, 4) is 11.5 Å². The molecule has 0 amide bonds.